The summed E-state index contributed by atoms with van der Waals surface area (Å²) >= 11 is 3.40. The molecule has 4 rings (SSSR count). The van der Waals surface area contributed by atoms with Gasteiger partial charge in [-0.3, -0.25) is 9.59 Å². The zero-order chi connectivity index (χ0) is 22.7. The molecule has 0 atom stereocenters. The Bertz CT molecular complexity index is 1300. The Morgan fingerprint density at radius 2 is 1.84 bits per heavy atom. The highest BCUT2D eigenvalue weighted by molar-refractivity contribution is 9.10. The molecule has 0 fully saturated rings. The standard InChI is InChI=1S/C24H21BrN4O3/c1-14-8-9-17(25)12-19(14)27-21(30)10-11-26-23(31)18-13-20(16-6-4-3-5-7-16)28-24-22(18)15(2)29-32-24/h3-9,12-13H,10-11H2,1-2H3,(H,26,31)(H,27,30). The van der Waals surface area contributed by atoms with Crippen LogP contribution in [0.15, 0.2) is 63.6 Å². The highest BCUT2D eigenvalue weighted by atomic mass is 79.9. The van der Waals surface area contributed by atoms with Crippen LogP contribution in [0, 0.1) is 13.8 Å². The van der Waals surface area contributed by atoms with Crippen molar-refractivity contribution >= 4 is 44.5 Å². The van der Waals surface area contributed by atoms with Crippen LogP contribution in [0.4, 0.5) is 5.69 Å². The molecule has 2 amide bonds. The molecule has 0 aliphatic heterocycles. The minimum absolute atomic E-state index is 0.139. The summed E-state index contributed by atoms with van der Waals surface area (Å²) in [5, 5.41) is 10.2. The molecular formula is C24H21BrN4O3. The van der Waals surface area contributed by atoms with E-state index in [1.54, 1.807) is 13.0 Å². The SMILES string of the molecule is Cc1ccc(Br)cc1NC(=O)CCNC(=O)c1cc(-c2ccccc2)nc2onc(C)c12. The first kappa shape index (κ1) is 21.7. The summed E-state index contributed by atoms with van der Waals surface area (Å²) in [6.45, 7) is 3.87. The molecule has 0 spiro atoms. The molecule has 0 aliphatic rings. The number of aryl methyl sites for hydroxylation is 2. The van der Waals surface area contributed by atoms with Crippen molar-refractivity contribution in [3.05, 3.63) is 75.9 Å². The number of hydrogen-bond acceptors (Lipinski definition) is 5. The number of carbonyl (C=O) groups excluding carboxylic acids is 2. The first-order chi connectivity index (χ1) is 15.4. The van der Waals surface area contributed by atoms with E-state index < -0.39 is 0 Å². The fraction of sp³-hybridized carbons (Fsp3) is 0.167. The molecule has 2 aromatic carbocycles. The van der Waals surface area contributed by atoms with Gasteiger partial charge in [-0.15, -0.1) is 0 Å². The van der Waals surface area contributed by atoms with Crippen LogP contribution in [0.25, 0.3) is 22.4 Å². The number of benzene rings is 2. The van der Waals surface area contributed by atoms with Gasteiger partial charge < -0.3 is 15.2 Å². The van der Waals surface area contributed by atoms with Crippen LogP contribution in [-0.2, 0) is 4.79 Å². The lowest BCUT2D eigenvalue weighted by Crippen LogP contribution is -2.28. The fourth-order valence-corrected chi connectivity index (χ4v) is 3.72. The zero-order valence-corrected chi connectivity index (χ0v) is 19.2. The highest BCUT2D eigenvalue weighted by Gasteiger charge is 2.19. The van der Waals surface area contributed by atoms with E-state index in [1.165, 1.54) is 0 Å². The Kier molecular flexibility index (Phi) is 6.32. The number of aromatic nitrogens is 2. The Morgan fingerprint density at radius 1 is 1.06 bits per heavy atom. The van der Waals surface area contributed by atoms with E-state index in [2.05, 4.69) is 36.7 Å². The van der Waals surface area contributed by atoms with E-state index in [1.807, 2.05) is 55.5 Å². The number of rotatable bonds is 6. The van der Waals surface area contributed by atoms with Crippen LogP contribution in [0.1, 0.15) is 28.0 Å². The second-order valence-electron chi connectivity index (χ2n) is 7.38. The third kappa shape index (κ3) is 4.70. The van der Waals surface area contributed by atoms with E-state index in [9.17, 15) is 9.59 Å². The molecular weight excluding hydrogens is 472 g/mol. The molecule has 2 aromatic heterocycles. The van der Waals surface area contributed by atoms with Crippen molar-refractivity contribution in [2.24, 2.45) is 0 Å². The Labute approximate surface area is 193 Å². The first-order valence-electron chi connectivity index (χ1n) is 10.1. The molecule has 4 aromatic rings. The number of fused-ring (bicyclic) bond motifs is 1. The highest BCUT2D eigenvalue weighted by Crippen LogP contribution is 2.27. The predicted octanol–water partition coefficient (Wildman–Crippen LogP) is 5.03. The lowest BCUT2D eigenvalue weighted by molar-refractivity contribution is -0.116. The van der Waals surface area contributed by atoms with Gasteiger partial charge in [0.05, 0.1) is 22.3 Å². The Balaban J connectivity index is 1.48. The first-order valence-corrected chi connectivity index (χ1v) is 10.9. The number of nitrogens with zero attached hydrogens (tertiary/aromatic N) is 2. The lowest BCUT2D eigenvalue weighted by atomic mass is 10.1. The van der Waals surface area contributed by atoms with Crippen LogP contribution in [-0.4, -0.2) is 28.5 Å². The number of nitrogens with one attached hydrogen (secondary N) is 2. The van der Waals surface area contributed by atoms with Crippen LogP contribution in [0.5, 0.6) is 0 Å². The van der Waals surface area contributed by atoms with Crippen LogP contribution >= 0.6 is 15.9 Å². The molecule has 7 nitrogen and oxygen atoms in total. The smallest absolute Gasteiger partial charge is 0.259 e. The van der Waals surface area contributed by atoms with Gasteiger partial charge in [-0.05, 0) is 37.6 Å². The minimum Gasteiger partial charge on any atom is -0.351 e. The van der Waals surface area contributed by atoms with Gasteiger partial charge in [0, 0.05) is 28.7 Å². The average molecular weight is 493 g/mol. The lowest BCUT2D eigenvalue weighted by Gasteiger charge is -2.10. The summed E-state index contributed by atoms with van der Waals surface area (Å²) in [4.78, 5) is 29.8. The van der Waals surface area contributed by atoms with Crippen LogP contribution < -0.4 is 10.6 Å². The monoisotopic (exact) mass is 492 g/mol. The van der Waals surface area contributed by atoms with Gasteiger partial charge in [0.2, 0.25) is 5.91 Å². The normalized spacial score (nSPS) is 10.8. The number of anilines is 1. The molecule has 8 heteroatoms. The molecule has 0 saturated carbocycles. The predicted molar refractivity (Wildman–Crippen MR) is 126 cm³/mol. The number of hydrogen-bond donors (Lipinski definition) is 2. The third-order valence-electron chi connectivity index (χ3n) is 5.04. The molecule has 0 radical (unpaired) electrons. The summed E-state index contributed by atoms with van der Waals surface area (Å²) < 4.78 is 6.20. The molecule has 0 unspecified atom stereocenters. The van der Waals surface area contributed by atoms with Crippen LogP contribution in [0.3, 0.4) is 0 Å². The second kappa shape index (κ2) is 9.32. The van der Waals surface area contributed by atoms with Crippen LogP contribution in [0.2, 0.25) is 0 Å². The molecule has 0 aliphatic carbocycles. The largest absolute Gasteiger partial charge is 0.351 e. The zero-order valence-electron chi connectivity index (χ0n) is 17.6. The summed E-state index contributed by atoms with van der Waals surface area (Å²) in [7, 11) is 0. The Morgan fingerprint density at radius 3 is 2.62 bits per heavy atom. The van der Waals surface area contributed by atoms with Gasteiger partial charge >= 0.3 is 0 Å². The van der Waals surface area contributed by atoms with Crippen molar-refractivity contribution in [2.75, 3.05) is 11.9 Å². The third-order valence-corrected chi connectivity index (χ3v) is 5.54. The van der Waals surface area contributed by atoms with Crippen molar-refractivity contribution in [3.63, 3.8) is 0 Å². The molecule has 32 heavy (non-hydrogen) atoms. The van der Waals surface area contributed by atoms with Crippen molar-refractivity contribution in [1.82, 2.24) is 15.5 Å². The quantitative estimate of drug-likeness (QED) is 0.393. The number of amides is 2. The molecule has 0 bridgehead atoms. The van der Waals surface area contributed by atoms with Crippen molar-refractivity contribution in [2.45, 2.75) is 20.3 Å². The summed E-state index contributed by atoms with van der Waals surface area (Å²) in [6.07, 6.45) is 0.139. The van der Waals surface area contributed by atoms with E-state index >= 15 is 0 Å². The topological polar surface area (TPSA) is 97.1 Å². The Hall–Kier alpha value is -3.52. The van der Waals surface area contributed by atoms with E-state index in [0.29, 0.717) is 28.1 Å². The number of halogens is 1. The minimum atomic E-state index is -0.313. The average Bonchev–Trinajstić information content (AvgIpc) is 3.17. The molecule has 2 N–H and O–H groups in total. The molecule has 2 heterocycles. The van der Waals surface area contributed by atoms with E-state index in [0.717, 1.165) is 21.3 Å². The van der Waals surface area contributed by atoms with Crippen molar-refractivity contribution < 1.29 is 14.1 Å². The van der Waals surface area contributed by atoms with Gasteiger partial charge in [-0.1, -0.05) is 57.5 Å². The second-order valence-corrected chi connectivity index (χ2v) is 8.30. The summed E-state index contributed by atoms with van der Waals surface area (Å²) in [6, 6.07) is 16.9. The molecule has 162 valence electrons. The maximum absolute atomic E-state index is 13.0. The summed E-state index contributed by atoms with van der Waals surface area (Å²) in [5.41, 5.74) is 4.47. The summed E-state index contributed by atoms with van der Waals surface area (Å²) in [5.74, 6) is -0.496. The maximum Gasteiger partial charge on any atom is 0.259 e. The molecule has 0 saturated heterocycles. The van der Waals surface area contributed by atoms with Gasteiger partial charge in [-0.2, -0.15) is 0 Å². The number of carbonyl (C=O) groups is 2. The fourth-order valence-electron chi connectivity index (χ4n) is 3.36. The maximum atomic E-state index is 13.0. The van der Waals surface area contributed by atoms with Gasteiger partial charge in [0.15, 0.2) is 0 Å². The van der Waals surface area contributed by atoms with Crippen molar-refractivity contribution in [3.8, 4) is 11.3 Å². The number of pyridine rings is 1. The van der Waals surface area contributed by atoms with Crippen molar-refractivity contribution in [1.29, 1.82) is 0 Å². The van der Waals surface area contributed by atoms with Gasteiger partial charge in [-0.25, -0.2) is 4.98 Å². The van der Waals surface area contributed by atoms with E-state index in [-0.39, 0.29) is 24.8 Å². The van der Waals surface area contributed by atoms with Gasteiger partial charge in [0.1, 0.15) is 0 Å². The van der Waals surface area contributed by atoms with E-state index in [4.69, 9.17) is 4.52 Å². The van der Waals surface area contributed by atoms with Gasteiger partial charge in [0.25, 0.3) is 11.6 Å².